The lowest BCUT2D eigenvalue weighted by Crippen LogP contribution is -2.50. The third kappa shape index (κ3) is 4.08. The number of rotatable bonds is 3. The lowest BCUT2D eigenvalue weighted by atomic mass is 9.78. The smallest absolute Gasteiger partial charge is 0.230 e. The Morgan fingerprint density at radius 3 is 2.72 bits per heavy atom. The van der Waals surface area contributed by atoms with E-state index < -0.39 is 0 Å². The van der Waals surface area contributed by atoms with Crippen molar-refractivity contribution in [3.05, 3.63) is 17.3 Å². The molecule has 0 unspecified atom stereocenters. The van der Waals surface area contributed by atoms with Crippen LogP contribution in [0, 0.1) is 5.41 Å². The second-order valence-electron chi connectivity index (χ2n) is 8.73. The van der Waals surface area contributed by atoms with Crippen molar-refractivity contribution in [1.82, 2.24) is 9.88 Å². The first-order valence-corrected chi connectivity index (χ1v) is 10.9. The summed E-state index contributed by atoms with van der Waals surface area (Å²) in [6.07, 6.45) is 7.45. The highest BCUT2D eigenvalue weighted by atomic mass is 35.5. The van der Waals surface area contributed by atoms with Crippen molar-refractivity contribution in [2.75, 3.05) is 29.9 Å². The molecule has 7 nitrogen and oxygen atoms in total. The molecule has 2 N–H and O–H groups in total. The summed E-state index contributed by atoms with van der Waals surface area (Å²) in [5.74, 6) is 0.765. The first-order chi connectivity index (χ1) is 13.9. The van der Waals surface area contributed by atoms with E-state index in [4.69, 9.17) is 11.6 Å². The molecule has 158 valence electrons. The summed E-state index contributed by atoms with van der Waals surface area (Å²) in [6.45, 7) is 3.69. The molecular formula is C21H29ClN4O3. The third-order valence-electron chi connectivity index (χ3n) is 6.67. The second-order valence-corrected chi connectivity index (χ2v) is 9.13. The van der Waals surface area contributed by atoms with Gasteiger partial charge in [0.15, 0.2) is 0 Å². The Hall–Kier alpha value is -1.86. The molecule has 2 aliphatic heterocycles. The third-order valence-corrected chi connectivity index (χ3v) is 6.95. The van der Waals surface area contributed by atoms with Gasteiger partial charge in [0.25, 0.3) is 0 Å². The van der Waals surface area contributed by atoms with Crippen LogP contribution in [0.1, 0.15) is 51.9 Å². The zero-order valence-electron chi connectivity index (χ0n) is 16.9. The number of piperidine rings is 1. The number of pyridine rings is 1. The fourth-order valence-corrected chi connectivity index (χ4v) is 5.48. The van der Waals surface area contributed by atoms with E-state index in [1.807, 2.05) is 0 Å². The number of amides is 2. The molecule has 1 aliphatic carbocycles. The minimum Gasteiger partial charge on any atom is -0.393 e. The van der Waals surface area contributed by atoms with Crippen molar-refractivity contribution in [2.24, 2.45) is 5.41 Å². The van der Waals surface area contributed by atoms with Gasteiger partial charge in [0.05, 0.1) is 28.4 Å². The number of halogens is 1. The zero-order chi connectivity index (χ0) is 20.6. The van der Waals surface area contributed by atoms with Crippen LogP contribution in [-0.4, -0.2) is 58.6 Å². The average Bonchev–Trinajstić information content (AvgIpc) is 2.98. The number of nitrogens with zero attached hydrogens (tertiary/aromatic N) is 3. The van der Waals surface area contributed by atoms with Gasteiger partial charge in [-0.1, -0.05) is 11.6 Å². The first kappa shape index (κ1) is 20.4. The van der Waals surface area contributed by atoms with Gasteiger partial charge in [0.1, 0.15) is 5.82 Å². The fraction of sp³-hybridized carbons (Fsp3) is 0.667. The summed E-state index contributed by atoms with van der Waals surface area (Å²) < 4.78 is 0. The Kier molecular flexibility index (Phi) is 5.71. The van der Waals surface area contributed by atoms with E-state index in [9.17, 15) is 14.7 Å². The highest BCUT2D eigenvalue weighted by Gasteiger charge is 2.51. The van der Waals surface area contributed by atoms with Crippen molar-refractivity contribution in [3.8, 4) is 0 Å². The quantitative estimate of drug-likeness (QED) is 0.785. The molecule has 0 radical (unpaired) electrons. The van der Waals surface area contributed by atoms with Crippen molar-refractivity contribution >= 4 is 34.9 Å². The van der Waals surface area contributed by atoms with Crippen LogP contribution in [0.15, 0.2) is 12.3 Å². The number of carbonyl (C=O) groups excluding carboxylic acids is 2. The standard InChI is InChI=1S/C21H29ClN4O3/c1-14(27)24-15-11-18(22)19(23-12-15)25-9-2-7-21(13-25)8-10-26(20(21)29)16-3-5-17(28)6-4-16/h11-12,16-17,28H,2-10,13H2,1H3,(H,24,27)/t16-,17-,21-/m0/s1. The van der Waals surface area contributed by atoms with E-state index in [1.165, 1.54) is 6.92 Å². The van der Waals surface area contributed by atoms with Gasteiger partial charge in [-0.25, -0.2) is 4.98 Å². The van der Waals surface area contributed by atoms with Crippen LogP contribution in [0.25, 0.3) is 0 Å². The number of aliphatic hydroxyl groups excluding tert-OH is 1. The molecule has 3 heterocycles. The number of likely N-dealkylation sites (tertiary alicyclic amines) is 1. The number of carbonyl (C=O) groups is 2. The van der Waals surface area contributed by atoms with E-state index in [2.05, 4.69) is 20.1 Å². The topological polar surface area (TPSA) is 85.8 Å². The van der Waals surface area contributed by atoms with E-state index in [0.717, 1.165) is 58.0 Å². The number of nitrogens with one attached hydrogen (secondary N) is 1. The summed E-state index contributed by atoms with van der Waals surface area (Å²) in [7, 11) is 0. The number of anilines is 2. The summed E-state index contributed by atoms with van der Waals surface area (Å²) in [5.41, 5.74) is 0.205. The van der Waals surface area contributed by atoms with Gasteiger partial charge >= 0.3 is 0 Å². The maximum absolute atomic E-state index is 13.4. The van der Waals surface area contributed by atoms with Gasteiger partial charge in [-0.15, -0.1) is 0 Å². The maximum Gasteiger partial charge on any atom is 0.230 e. The monoisotopic (exact) mass is 420 g/mol. The van der Waals surface area contributed by atoms with Crippen molar-refractivity contribution in [2.45, 2.75) is 64.0 Å². The Morgan fingerprint density at radius 1 is 1.28 bits per heavy atom. The Morgan fingerprint density at radius 2 is 2.03 bits per heavy atom. The summed E-state index contributed by atoms with van der Waals surface area (Å²) in [6, 6.07) is 1.97. The van der Waals surface area contributed by atoms with E-state index in [1.54, 1.807) is 12.3 Å². The molecule has 1 aromatic rings. The second kappa shape index (κ2) is 8.11. The molecule has 1 spiro atoms. The van der Waals surface area contributed by atoms with Crippen LogP contribution >= 0.6 is 11.6 Å². The Labute approximate surface area is 176 Å². The molecule has 4 rings (SSSR count). The first-order valence-electron chi connectivity index (χ1n) is 10.6. The van der Waals surface area contributed by atoms with E-state index in [0.29, 0.717) is 23.1 Å². The van der Waals surface area contributed by atoms with Gasteiger partial charge < -0.3 is 20.2 Å². The molecule has 3 aliphatic rings. The van der Waals surface area contributed by atoms with Gasteiger partial charge in [0, 0.05) is 32.6 Å². The average molecular weight is 421 g/mol. The van der Waals surface area contributed by atoms with Gasteiger partial charge in [-0.2, -0.15) is 0 Å². The van der Waals surface area contributed by atoms with Gasteiger partial charge in [-0.3, -0.25) is 9.59 Å². The van der Waals surface area contributed by atoms with E-state index >= 15 is 0 Å². The number of aromatic nitrogens is 1. The molecule has 8 heteroatoms. The molecule has 0 aromatic carbocycles. The molecule has 1 saturated carbocycles. The van der Waals surface area contributed by atoms with Crippen LogP contribution < -0.4 is 10.2 Å². The normalized spacial score (nSPS) is 30.1. The molecule has 2 amide bonds. The zero-order valence-corrected chi connectivity index (χ0v) is 17.6. The van der Waals surface area contributed by atoms with Crippen LogP contribution in [0.5, 0.6) is 0 Å². The van der Waals surface area contributed by atoms with Gasteiger partial charge in [-0.05, 0) is 51.0 Å². The van der Waals surface area contributed by atoms with Crippen LogP contribution in [-0.2, 0) is 9.59 Å². The molecular weight excluding hydrogens is 392 g/mol. The Balaban J connectivity index is 1.48. The number of hydrogen-bond acceptors (Lipinski definition) is 5. The van der Waals surface area contributed by atoms with Crippen molar-refractivity contribution < 1.29 is 14.7 Å². The van der Waals surface area contributed by atoms with Crippen LogP contribution in [0.2, 0.25) is 5.02 Å². The molecule has 1 atom stereocenters. The lowest BCUT2D eigenvalue weighted by molar-refractivity contribution is -0.139. The van der Waals surface area contributed by atoms with Crippen LogP contribution in [0.4, 0.5) is 11.5 Å². The largest absolute Gasteiger partial charge is 0.393 e. The SMILES string of the molecule is CC(=O)Nc1cnc(N2CCC[C@]3(CCN([C@H]4CC[C@H](O)CC4)C3=O)C2)c(Cl)c1. The fourth-order valence-electron chi connectivity index (χ4n) is 5.19. The maximum atomic E-state index is 13.4. The summed E-state index contributed by atoms with van der Waals surface area (Å²) in [4.78, 5) is 33.4. The van der Waals surface area contributed by atoms with E-state index in [-0.39, 0.29) is 29.4 Å². The molecule has 2 saturated heterocycles. The van der Waals surface area contributed by atoms with Crippen molar-refractivity contribution in [1.29, 1.82) is 0 Å². The number of hydrogen-bond donors (Lipinski definition) is 2. The lowest BCUT2D eigenvalue weighted by Gasteiger charge is -2.41. The Bertz CT molecular complexity index is 796. The van der Waals surface area contributed by atoms with Gasteiger partial charge in [0.2, 0.25) is 11.8 Å². The van der Waals surface area contributed by atoms with Crippen molar-refractivity contribution in [3.63, 3.8) is 0 Å². The highest BCUT2D eigenvalue weighted by Crippen LogP contribution is 2.44. The minimum absolute atomic E-state index is 0.167. The predicted molar refractivity (Wildman–Crippen MR) is 112 cm³/mol. The molecule has 3 fully saturated rings. The molecule has 0 bridgehead atoms. The molecule has 1 aromatic heterocycles. The summed E-state index contributed by atoms with van der Waals surface area (Å²) >= 11 is 6.47. The number of aliphatic hydroxyl groups is 1. The highest BCUT2D eigenvalue weighted by molar-refractivity contribution is 6.33. The van der Waals surface area contributed by atoms with Crippen LogP contribution in [0.3, 0.4) is 0 Å². The summed E-state index contributed by atoms with van der Waals surface area (Å²) in [5, 5.41) is 13.0. The predicted octanol–water partition coefficient (Wildman–Crippen LogP) is 2.82. The minimum atomic E-state index is -0.365. The molecule has 29 heavy (non-hydrogen) atoms.